The van der Waals surface area contributed by atoms with E-state index in [1.165, 1.54) is 21.1 Å². The van der Waals surface area contributed by atoms with Crippen LogP contribution >= 0.6 is 0 Å². The number of non-ortho nitro benzene ring substituents is 1. The number of nitrogens with zero attached hydrogens (tertiary/aromatic N) is 1. The largest absolute Gasteiger partial charge is 0.336 e. The molecule has 0 heterocycles. The molecule has 1 rings (SSSR count). The molecule has 0 aliphatic heterocycles. The van der Waals surface area contributed by atoms with Gasteiger partial charge in [-0.1, -0.05) is 0 Å². The second-order valence-corrected chi connectivity index (χ2v) is 3.73. The summed E-state index contributed by atoms with van der Waals surface area (Å²) >= 11 is 0. The number of ether oxygens (including phenoxy) is 2. The Bertz CT molecular complexity index is 502. The van der Waals surface area contributed by atoms with E-state index >= 15 is 0 Å². The summed E-state index contributed by atoms with van der Waals surface area (Å²) in [5.74, 6) is -3.22. The molecule has 0 aromatic heterocycles. The normalized spacial score (nSPS) is 11.2. The van der Waals surface area contributed by atoms with Gasteiger partial charge < -0.3 is 14.8 Å². The molecule has 1 N–H and O–H groups in total. The highest BCUT2D eigenvalue weighted by atomic mass is 19.1. The van der Waals surface area contributed by atoms with Gasteiger partial charge in [0.25, 0.3) is 11.6 Å². The topological polar surface area (TPSA) is 90.7 Å². The molecule has 0 unspecified atom stereocenters. The maximum absolute atomic E-state index is 13.6. The zero-order chi connectivity index (χ0) is 14.6. The average molecular weight is 272 g/mol. The lowest BCUT2D eigenvalue weighted by atomic mass is 10.1. The van der Waals surface area contributed by atoms with Gasteiger partial charge in [0.15, 0.2) is 0 Å². The van der Waals surface area contributed by atoms with E-state index in [2.05, 4.69) is 5.32 Å². The Hall–Kier alpha value is -2.06. The lowest BCUT2D eigenvalue weighted by Gasteiger charge is -2.27. The van der Waals surface area contributed by atoms with Crippen molar-refractivity contribution in [2.75, 3.05) is 14.2 Å². The number of carbonyl (C=O) groups excluding carboxylic acids is 1. The minimum Gasteiger partial charge on any atom is -0.336 e. The number of halogens is 1. The third-order valence-corrected chi connectivity index (χ3v) is 2.53. The molecule has 0 saturated heterocycles. The number of methoxy groups -OCH3 is 2. The summed E-state index contributed by atoms with van der Waals surface area (Å²) < 4.78 is 23.4. The molecule has 0 aliphatic carbocycles. The van der Waals surface area contributed by atoms with Crippen molar-refractivity contribution in [2.45, 2.75) is 12.8 Å². The molecular weight excluding hydrogens is 259 g/mol. The molecule has 1 amide bonds. The van der Waals surface area contributed by atoms with Crippen LogP contribution in [0.2, 0.25) is 0 Å². The molecule has 104 valence electrons. The fourth-order valence-corrected chi connectivity index (χ4v) is 1.26. The summed E-state index contributed by atoms with van der Waals surface area (Å²) in [5, 5.41) is 12.8. The van der Waals surface area contributed by atoms with E-state index in [0.29, 0.717) is 6.07 Å². The standard InChI is InChI=1S/C11H13FN2O5/c1-11(18-2,19-3)13-10(15)8-5-4-7(14(16)17)6-9(8)12/h4-6H,1-3H3,(H,13,15). The number of amides is 1. The monoisotopic (exact) mass is 272 g/mol. The van der Waals surface area contributed by atoms with Gasteiger partial charge in [-0.15, -0.1) is 0 Å². The van der Waals surface area contributed by atoms with E-state index in [4.69, 9.17) is 9.47 Å². The molecule has 0 aliphatic rings. The van der Waals surface area contributed by atoms with Crippen LogP contribution in [0.5, 0.6) is 0 Å². The molecule has 0 atom stereocenters. The summed E-state index contributed by atoms with van der Waals surface area (Å²) in [7, 11) is 2.60. The predicted octanol–water partition coefficient (Wildman–Crippen LogP) is 1.43. The first-order valence-electron chi connectivity index (χ1n) is 5.19. The third-order valence-electron chi connectivity index (χ3n) is 2.53. The Morgan fingerprint density at radius 1 is 1.42 bits per heavy atom. The molecule has 19 heavy (non-hydrogen) atoms. The van der Waals surface area contributed by atoms with Gasteiger partial charge >= 0.3 is 0 Å². The summed E-state index contributed by atoms with van der Waals surface area (Å²) in [6.07, 6.45) is 0. The van der Waals surface area contributed by atoms with Gasteiger partial charge in [0.1, 0.15) is 5.82 Å². The van der Waals surface area contributed by atoms with Crippen molar-refractivity contribution in [3.8, 4) is 0 Å². The highest BCUT2D eigenvalue weighted by Gasteiger charge is 2.27. The summed E-state index contributed by atoms with van der Waals surface area (Å²) in [5.41, 5.74) is -0.777. The van der Waals surface area contributed by atoms with Crippen molar-refractivity contribution in [1.82, 2.24) is 5.32 Å². The molecule has 0 saturated carbocycles. The van der Waals surface area contributed by atoms with Crippen LogP contribution in [0.15, 0.2) is 18.2 Å². The smallest absolute Gasteiger partial charge is 0.272 e. The van der Waals surface area contributed by atoms with E-state index in [9.17, 15) is 19.3 Å². The Balaban J connectivity index is 2.98. The number of rotatable bonds is 5. The van der Waals surface area contributed by atoms with Crippen molar-refractivity contribution < 1.29 is 23.6 Å². The minimum absolute atomic E-state index is 0.342. The van der Waals surface area contributed by atoms with Crippen molar-refractivity contribution in [2.24, 2.45) is 0 Å². The highest BCUT2D eigenvalue weighted by Crippen LogP contribution is 2.17. The molecule has 1 aromatic carbocycles. The van der Waals surface area contributed by atoms with Crippen LogP contribution in [0, 0.1) is 15.9 Å². The quantitative estimate of drug-likeness (QED) is 0.497. The van der Waals surface area contributed by atoms with E-state index in [0.717, 1.165) is 12.1 Å². The molecular formula is C11H13FN2O5. The molecule has 8 heteroatoms. The van der Waals surface area contributed by atoms with Gasteiger partial charge in [0.05, 0.1) is 16.6 Å². The number of nitro benzene ring substituents is 1. The van der Waals surface area contributed by atoms with Gasteiger partial charge in [-0.25, -0.2) is 4.39 Å². The zero-order valence-electron chi connectivity index (χ0n) is 10.6. The number of carbonyl (C=O) groups is 1. The fraction of sp³-hybridized carbons (Fsp3) is 0.364. The van der Waals surface area contributed by atoms with Crippen LogP contribution in [-0.4, -0.2) is 31.0 Å². The third kappa shape index (κ3) is 3.46. The zero-order valence-corrected chi connectivity index (χ0v) is 10.6. The van der Waals surface area contributed by atoms with Gasteiger partial charge in [-0.05, 0) is 6.07 Å². The van der Waals surface area contributed by atoms with Crippen LogP contribution < -0.4 is 5.32 Å². The van der Waals surface area contributed by atoms with Crippen LogP contribution in [0.25, 0.3) is 0 Å². The van der Waals surface area contributed by atoms with E-state index in [1.807, 2.05) is 0 Å². The minimum atomic E-state index is -1.41. The number of benzene rings is 1. The van der Waals surface area contributed by atoms with E-state index in [1.54, 1.807) is 0 Å². The van der Waals surface area contributed by atoms with Crippen molar-refractivity contribution >= 4 is 11.6 Å². The summed E-state index contributed by atoms with van der Waals surface area (Å²) in [6, 6.07) is 2.73. The average Bonchev–Trinajstić information content (AvgIpc) is 2.38. The van der Waals surface area contributed by atoms with Crippen LogP contribution in [-0.2, 0) is 9.47 Å². The van der Waals surface area contributed by atoms with E-state index in [-0.39, 0.29) is 5.56 Å². The first kappa shape index (κ1) is 15.0. The van der Waals surface area contributed by atoms with Crippen LogP contribution in [0.1, 0.15) is 17.3 Å². The van der Waals surface area contributed by atoms with Gasteiger partial charge in [-0.2, -0.15) is 0 Å². The number of nitrogens with one attached hydrogen (secondary N) is 1. The Morgan fingerprint density at radius 2 is 2.00 bits per heavy atom. The predicted molar refractivity (Wildman–Crippen MR) is 62.9 cm³/mol. The van der Waals surface area contributed by atoms with Crippen LogP contribution in [0.4, 0.5) is 10.1 Å². The summed E-state index contributed by atoms with van der Waals surface area (Å²) in [6.45, 7) is 1.42. The number of hydrogen-bond acceptors (Lipinski definition) is 5. The highest BCUT2D eigenvalue weighted by molar-refractivity contribution is 5.95. The molecule has 0 radical (unpaired) electrons. The lowest BCUT2D eigenvalue weighted by molar-refractivity contribution is -0.385. The van der Waals surface area contributed by atoms with Gasteiger partial charge in [0, 0.05) is 27.2 Å². The first-order valence-corrected chi connectivity index (χ1v) is 5.19. The Kier molecular flexibility index (Phi) is 4.52. The maximum atomic E-state index is 13.6. The fourth-order valence-electron chi connectivity index (χ4n) is 1.26. The van der Waals surface area contributed by atoms with Crippen LogP contribution in [0.3, 0.4) is 0 Å². The maximum Gasteiger partial charge on any atom is 0.272 e. The SMILES string of the molecule is COC(C)(NC(=O)c1ccc([N+](=O)[O-])cc1F)OC. The molecule has 7 nitrogen and oxygen atoms in total. The first-order chi connectivity index (χ1) is 8.83. The van der Waals surface area contributed by atoms with Gasteiger partial charge in [-0.3, -0.25) is 14.9 Å². The second kappa shape index (κ2) is 5.72. The Morgan fingerprint density at radius 3 is 2.42 bits per heavy atom. The van der Waals surface area contributed by atoms with E-state index < -0.39 is 28.2 Å². The second-order valence-electron chi connectivity index (χ2n) is 3.73. The number of hydrogen-bond donors (Lipinski definition) is 1. The lowest BCUT2D eigenvalue weighted by Crippen LogP contribution is -2.49. The van der Waals surface area contributed by atoms with Crippen molar-refractivity contribution in [3.05, 3.63) is 39.7 Å². The molecule has 0 bridgehead atoms. The summed E-state index contributed by atoms with van der Waals surface area (Å²) in [4.78, 5) is 21.5. The van der Waals surface area contributed by atoms with Crippen molar-refractivity contribution in [3.63, 3.8) is 0 Å². The number of nitro groups is 1. The molecule has 1 aromatic rings. The molecule has 0 spiro atoms. The van der Waals surface area contributed by atoms with Gasteiger partial charge in [0.2, 0.25) is 5.91 Å². The molecule has 0 fully saturated rings. The van der Waals surface area contributed by atoms with Crippen molar-refractivity contribution in [1.29, 1.82) is 0 Å². The Labute approximate surface area is 108 Å².